The van der Waals surface area contributed by atoms with E-state index in [1.54, 1.807) is 6.26 Å². The van der Waals surface area contributed by atoms with Gasteiger partial charge in [0.1, 0.15) is 0 Å². The fourth-order valence-electron chi connectivity index (χ4n) is 1.58. The second-order valence-electron chi connectivity index (χ2n) is 5.01. The van der Waals surface area contributed by atoms with Crippen LogP contribution < -0.4 is 10.0 Å². The van der Waals surface area contributed by atoms with Crippen LogP contribution in [-0.2, 0) is 14.8 Å². The minimum absolute atomic E-state index is 0.112. The van der Waals surface area contributed by atoms with Crippen LogP contribution in [0.25, 0.3) is 0 Å². The number of nitrogens with zero attached hydrogens (tertiary/aromatic N) is 2. The second kappa shape index (κ2) is 8.90. The highest BCUT2D eigenvalue weighted by molar-refractivity contribution is 8.14. The van der Waals surface area contributed by atoms with Crippen LogP contribution in [0.5, 0.6) is 0 Å². The number of benzene rings is 1. The van der Waals surface area contributed by atoms with Crippen molar-refractivity contribution in [3.63, 3.8) is 0 Å². The highest BCUT2D eigenvalue weighted by atomic mass is 32.2. The van der Waals surface area contributed by atoms with Crippen LogP contribution in [0.3, 0.4) is 0 Å². The fourth-order valence-corrected chi connectivity index (χ4v) is 3.37. The quantitative estimate of drug-likeness (QED) is 0.589. The summed E-state index contributed by atoms with van der Waals surface area (Å²) in [7, 11) is 0.156. The Kier molecular flexibility index (Phi) is 7.53. The van der Waals surface area contributed by atoms with E-state index in [0.29, 0.717) is 17.4 Å². The minimum Gasteiger partial charge on any atom is -0.326 e. The average molecular weight is 358 g/mol. The van der Waals surface area contributed by atoms with Gasteiger partial charge in [-0.2, -0.15) is 0 Å². The average Bonchev–Trinajstić information content (AvgIpc) is 2.45. The van der Waals surface area contributed by atoms with Crippen LogP contribution >= 0.6 is 11.8 Å². The summed E-state index contributed by atoms with van der Waals surface area (Å²) in [5.74, 6) is -0.212. The van der Waals surface area contributed by atoms with E-state index < -0.39 is 10.0 Å². The number of carbonyl (C=O) groups is 1. The summed E-state index contributed by atoms with van der Waals surface area (Å²) in [5, 5.41) is 2.93. The zero-order valence-corrected chi connectivity index (χ0v) is 15.3. The van der Waals surface area contributed by atoms with Crippen LogP contribution in [-0.4, -0.2) is 57.8 Å². The van der Waals surface area contributed by atoms with E-state index in [1.165, 1.54) is 43.0 Å². The van der Waals surface area contributed by atoms with Gasteiger partial charge in [0, 0.05) is 19.2 Å². The predicted octanol–water partition coefficient (Wildman–Crippen LogP) is 1.20. The number of hydrogen-bond acceptors (Lipinski definition) is 6. The molecule has 0 spiro atoms. The molecule has 1 aromatic carbocycles. The first-order valence-corrected chi connectivity index (χ1v) is 9.59. The molecule has 1 rings (SSSR count). The molecule has 0 fully saturated rings. The summed E-state index contributed by atoms with van der Waals surface area (Å²) in [5.41, 5.74) is 0.543. The van der Waals surface area contributed by atoms with Crippen LogP contribution in [0.15, 0.2) is 34.2 Å². The number of aliphatic imine (C=N–C) groups is 1. The molecule has 0 aliphatic heterocycles. The zero-order chi connectivity index (χ0) is 17.5. The van der Waals surface area contributed by atoms with Crippen LogP contribution in [0.1, 0.15) is 6.92 Å². The Morgan fingerprint density at radius 2 is 1.87 bits per heavy atom. The molecule has 23 heavy (non-hydrogen) atoms. The normalized spacial score (nSPS) is 12.3. The number of hydrogen-bond donors (Lipinski definition) is 2. The number of anilines is 1. The summed E-state index contributed by atoms with van der Waals surface area (Å²) in [6.07, 6.45) is 1.76. The molecule has 0 saturated carbocycles. The first-order valence-electron chi connectivity index (χ1n) is 6.88. The van der Waals surface area contributed by atoms with Gasteiger partial charge in [0.2, 0.25) is 5.91 Å². The van der Waals surface area contributed by atoms with E-state index in [4.69, 9.17) is 0 Å². The molecule has 7 nitrogen and oxygen atoms in total. The lowest BCUT2D eigenvalue weighted by Gasteiger charge is -2.11. The molecular weight excluding hydrogens is 336 g/mol. The summed E-state index contributed by atoms with van der Waals surface area (Å²) < 4.78 is 27.1. The van der Waals surface area contributed by atoms with Gasteiger partial charge in [-0.1, -0.05) is 11.8 Å². The van der Waals surface area contributed by atoms with Crippen LogP contribution in [0.2, 0.25) is 0 Å². The molecule has 0 aliphatic rings. The molecule has 0 saturated heterocycles. The van der Waals surface area contributed by atoms with E-state index in [2.05, 4.69) is 15.0 Å². The van der Waals surface area contributed by atoms with Crippen molar-refractivity contribution < 1.29 is 13.2 Å². The maximum Gasteiger partial charge on any atom is 0.263 e. The molecule has 0 heterocycles. The SMILES string of the molecule is CSC(=NCCN(C)C)NS(=O)(=O)c1ccc(NC(C)=O)cc1. The number of likely N-dealkylation sites (N-methyl/N-ethyl adjacent to an activating group) is 1. The van der Waals surface area contributed by atoms with Crippen LogP contribution in [0, 0.1) is 0 Å². The van der Waals surface area contributed by atoms with E-state index in [1.807, 2.05) is 19.0 Å². The monoisotopic (exact) mass is 358 g/mol. The Morgan fingerprint density at radius 3 is 2.35 bits per heavy atom. The second-order valence-corrected chi connectivity index (χ2v) is 7.48. The maximum atomic E-state index is 12.3. The third-order valence-corrected chi connectivity index (χ3v) is 4.80. The fraction of sp³-hybridized carbons (Fsp3) is 0.429. The number of amidine groups is 1. The van der Waals surface area contributed by atoms with Crippen molar-refractivity contribution in [3.8, 4) is 0 Å². The van der Waals surface area contributed by atoms with Gasteiger partial charge >= 0.3 is 0 Å². The molecule has 2 N–H and O–H groups in total. The Balaban J connectivity index is 2.82. The van der Waals surface area contributed by atoms with Crippen molar-refractivity contribution in [2.45, 2.75) is 11.8 Å². The lowest BCUT2D eigenvalue weighted by molar-refractivity contribution is -0.114. The molecular formula is C14H22N4O3S2. The number of thioether (sulfide) groups is 1. The molecule has 128 valence electrons. The van der Waals surface area contributed by atoms with Gasteiger partial charge in [-0.05, 0) is 44.6 Å². The molecule has 9 heteroatoms. The number of carbonyl (C=O) groups excluding carboxylic acids is 1. The summed E-state index contributed by atoms with van der Waals surface area (Å²) in [6.45, 7) is 2.63. The van der Waals surface area contributed by atoms with Crippen molar-refractivity contribution in [2.24, 2.45) is 4.99 Å². The summed E-state index contributed by atoms with van der Waals surface area (Å²) in [4.78, 5) is 17.3. The molecule has 0 aliphatic carbocycles. The first kappa shape index (κ1) is 19.5. The third kappa shape index (κ3) is 7.02. The van der Waals surface area contributed by atoms with Crippen molar-refractivity contribution in [3.05, 3.63) is 24.3 Å². The number of sulfonamides is 1. The van der Waals surface area contributed by atoms with Gasteiger partial charge in [0.25, 0.3) is 10.0 Å². The first-order chi connectivity index (χ1) is 10.7. The summed E-state index contributed by atoms with van der Waals surface area (Å²) in [6, 6.07) is 5.95. The Hall–Kier alpha value is -1.58. The topological polar surface area (TPSA) is 90.9 Å². The van der Waals surface area contributed by atoms with Gasteiger partial charge in [-0.25, -0.2) is 8.42 Å². The maximum absolute atomic E-state index is 12.3. The van der Waals surface area contributed by atoms with Crippen molar-refractivity contribution >= 4 is 38.5 Å². The van der Waals surface area contributed by atoms with Gasteiger partial charge in [-0.3, -0.25) is 14.5 Å². The molecule has 1 amide bonds. The van der Waals surface area contributed by atoms with E-state index >= 15 is 0 Å². The van der Waals surface area contributed by atoms with Crippen molar-refractivity contribution in [1.29, 1.82) is 0 Å². The van der Waals surface area contributed by atoms with E-state index in [9.17, 15) is 13.2 Å². The molecule has 0 atom stereocenters. The smallest absolute Gasteiger partial charge is 0.263 e. The van der Waals surface area contributed by atoms with Crippen molar-refractivity contribution in [2.75, 3.05) is 38.8 Å². The largest absolute Gasteiger partial charge is 0.326 e. The molecule has 0 bridgehead atoms. The highest BCUT2D eigenvalue weighted by Gasteiger charge is 2.16. The number of rotatable bonds is 6. The minimum atomic E-state index is -3.70. The Bertz CT molecular complexity index is 655. The van der Waals surface area contributed by atoms with Gasteiger partial charge in [0.05, 0.1) is 11.4 Å². The lowest BCUT2D eigenvalue weighted by Crippen LogP contribution is -2.29. The van der Waals surface area contributed by atoms with Gasteiger partial charge in [-0.15, -0.1) is 0 Å². The molecule has 1 aromatic rings. The van der Waals surface area contributed by atoms with E-state index in [-0.39, 0.29) is 10.8 Å². The standard InChI is InChI=1S/C14H22N4O3S2/c1-11(19)16-12-5-7-13(8-6-12)23(20,21)17-14(22-4)15-9-10-18(2)3/h5-8H,9-10H2,1-4H3,(H,15,17)(H,16,19). The predicted molar refractivity (Wildman–Crippen MR) is 95.4 cm³/mol. The third-order valence-electron chi connectivity index (χ3n) is 2.70. The van der Waals surface area contributed by atoms with Crippen LogP contribution in [0.4, 0.5) is 5.69 Å². The Labute approximate surface area is 141 Å². The van der Waals surface area contributed by atoms with Crippen molar-refractivity contribution in [1.82, 2.24) is 9.62 Å². The molecule has 0 aromatic heterocycles. The van der Waals surface area contributed by atoms with Gasteiger partial charge in [0.15, 0.2) is 5.17 Å². The molecule has 0 radical (unpaired) electrons. The number of nitrogens with one attached hydrogen (secondary N) is 2. The number of amides is 1. The molecule has 0 unspecified atom stereocenters. The van der Waals surface area contributed by atoms with Gasteiger partial charge < -0.3 is 10.2 Å². The summed E-state index contributed by atoms with van der Waals surface area (Å²) >= 11 is 1.24. The van der Waals surface area contributed by atoms with E-state index in [0.717, 1.165) is 6.54 Å². The Morgan fingerprint density at radius 1 is 1.26 bits per heavy atom. The highest BCUT2D eigenvalue weighted by Crippen LogP contribution is 2.14. The lowest BCUT2D eigenvalue weighted by atomic mass is 10.3. The zero-order valence-electron chi connectivity index (χ0n) is 13.7.